The van der Waals surface area contributed by atoms with E-state index < -0.39 is 17.2 Å². The molecule has 1 aromatic heterocycles. The molecule has 0 saturated heterocycles. The number of nitrogens with one attached hydrogen (secondary N) is 2. The molecule has 6 nitrogen and oxygen atoms in total. The number of aromatic amines is 1. The number of H-pyrrole nitrogens is 1. The Kier molecular flexibility index (Phi) is 2.65. The highest BCUT2D eigenvalue weighted by Crippen LogP contribution is 2.11. The van der Waals surface area contributed by atoms with Gasteiger partial charge < -0.3 is 10.1 Å². The molecule has 0 bridgehead atoms. The molecule has 70 valence electrons. The van der Waals surface area contributed by atoms with E-state index in [0.717, 1.165) is 12.3 Å². The first-order valence-corrected chi connectivity index (χ1v) is 3.40. The van der Waals surface area contributed by atoms with E-state index in [4.69, 9.17) is 5.11 Å². The largest absolute Gasteiger partial charge is 0.507 e. The van der Waals surface area contributed by atoms with E-state index in [-0.39, 0.29) is 5.56 Å². The second-order valence-electron chi connectivity index (χ2n) is 2.23. The lowest BCUT2D eigenvalue weighted by molar-refractivity contribution is 0.0534. The predicted molar refractivity (Wildman–Crippen MR) is 43.2 cm³/mol. The van der Waals surface area contributed by atoms with Gasteiger partial charge in [-0.25, -0.2) is 5.48 Å². The Bertz CT molecular complexity index is 371. The third-order valence-electron chi connectivity index (χ3n) is 1.34. The molecule has 1 amide bonds. The van der Waals surface area contributed by atoms with Gasteiger partial charge in [-0.1, -0.05) is 0 Å². The molecule has 0 saturated carbocycles. The van der Waals surface area contributed by atoms with Gasteiger partial charge in [-0.15, -0.1) is 0 Å². The summed E-state index contributed by atoms with van der Waals surface area (Å²) in [7, 11) is 1.26. The van der Waals surface area contributed by atoms with E-state index >= 15 is 0 Å². The number of carbonyl (C=O) groups is 1. The topological polar surface area (TPSA) is 91.4 Å². The summed E-state index contributed by atoms with van der Waals surface area (Å²) in [5.74, 6) is -1.02. The van der Waals surface area contributed by atoms with Crippen LogP contribution in [-0.2, 0) is 4.84 Å². The van der Waals surface area contributed by atoms with Crippen molar-refractivity contribution in [1.82, 2.24) is 10.5 Å². The van der Waals surface area contributed by atoms with Crippen molar-refractivity contribution in [3.8, 4) is 5.75 Å². The van der Waals surface area contributed by atoms with Crippen LogP contribution in [0.25, 0.3) is 0 Å². The molecule has 13 heavy (non-hydrogen) atoms. The molecule has 0 atom stereocenters. The van der Waals surface area contributed by atoms with Gasteiger partial charge in [0.05, 0.1) is 12.7 Å². The van der Waals surface area contributed by atoms with Crippen LogP contribution in [0.3, 0.4) is 0 Å². The Hall–Kier alpha value is -1.82. The monoisotopic (exact) mass is 184 g/mol. The number of hydrogen-bond donors (Lipinski definition) is 3. The summed E-state index contributed by atoms with van der Waals surface area (Å²) < 4.78 is 0. The molecule has 0 unspecified atom stereocenters. The highest BCUT2D eigenvalue weighted by molar-refractivity contribution is 5.95. The maximum absolute atomic E-state index is 11.1. The third kappa shape index (κ3) is 2.06. The molecule has 1 rings (SSSR count). The summed E-state index contributed by atoms with van der Waals surface area (Å²) in [6, 6.07) is 0.907. The van der Waals surface area contributed by atoms with E-state index in [1.165, 1.54) is 7.11 Å². The number of carbonyl (C=O) groups excluding carboxylic acids is 1. The van der Waals surface area contributed by atoms with E-state index in [9.17, 15) is 9.59 Å². The minimum atomic E-state index is -0.628. The summed E-state index contributed by atoms with van der Waals surface area (Å²) in [5, 5.41) is 9.15. The Morgan fingerprint density at radius 3 is 2.92 bits per heavy atom. The van der Waals surface area contributed by atoms with Gasteiger partial charge in [0, 0.05) is 12.3 Å². The van der Waals surface area contributed by atoms with Crippen molar-refractivity contribution in [3.05, 3.63) is 28.2 Å². The van der Waals surface area contributed by atoms with E-state index in [1.807, 2.05) is 5.48 Å². The van der Waals surface area contributed by atoms with Gasteiger partial charge in [-0.2, -0.15) is 0 Å². The quantitative estimate of drug-likeness (QED) is 0.534. The molecule has 0 aliphatic carbocycles. The zero-order valence-corrected chi connectivity index (χ0v) is 6.83. The molecule has 0 aliphatic heterocycles. The Morgan fingerprint density at radius 2 is 2.38 bits per heavy atom. The molecule has 3 N–H and O–H groups in total. The third-order valence-corrected chi connectivity index (χ3v) is 1.34. The van der Waals surface area contributed by atoms with E-state index in [1.54, 1.807) is 0 Å². The van der Waals surface area contributed by atoms with Crippen LogP contribution in [0, 0.1) is 0 Å². The van der Waals surface area contributed by atoms with E-state index in [2.05, 4.69) is 9.82 Å². The van der Waals surface area contributed by atoms with Crippen LogP contribution in [0.4, 0.5) is 0 Å². The molecule has 0 aliphatic rings. The Labute approximate surface area is 73.1 Å². The molecule has 1 aromatic rings. The standard InChI is InChI=1S/C7H8N2O4/c1-13-9-7(12)4-3-8-6(11)2-5(4)10/h2-3H,1H3,(H,9,12)(H2,8,10,11). The first kappa shape index (κ1) is 9.27. The SMILES string of the molecule is CONC(=O)c1c[nH]c(=O)cc1O. The van der Waals surface area contributed by atoms with Crippen molar-refractivity contribution in [1.29, 1.82) is 0 Å². The maximum atomic E-state index is 11.1. The summed E-state index contributed by atoms with van der Waals surface area (Å²) in [6.07, 6.45) is 1.10. The first-order chi connectivity index (χ1) is 6.15. The van der Waals surface area contributed by atoms with Crippen molar-refractivity contribution < 1.29 is 14.7 Å². The van der Waals surface area contributed by atoms with E-state index in [0.29, 0.717) is 0 Å². The van der Waals surface area contributed by atoms with Gasteiger partial charge in [0.2, 0.25) is 0 Å². The highest BCUT2D eigenvalue weighted by Gasteiger charge is 2.10. The second-order valence-corrected chi connectivity index (χ2v) is 2.23. The molecule has 0 spiro atoms. The lowest BCUT2D eigenvalue weighted by Gasteiger charge is -2.02. The van der Waals surface area contributed by atoms with Crippen LogP contribution in [0.5, 0.6) is 5.75 Å². The lowest BCUT2D eigenvalue weighted by atomic mass is 10.2. The second kappa shape index (κ2) is 3.72. The zero-order chi connectivity index (χ0) is 9.84. The summed E-state index contributed by atoms with van der Waals surface area (Å²) in [6.45, 7) is 0. The lowest BCUT2D eigenvalue weighted by Crippen LogP contribution is -2.23. The smallest absolute Gasteiger partial charge is 0.280 e. The van der Waals surface area contributed by atoms with Crippen LogP contribution in [0.2, 0.25) is 0 Å². The van der Waals surface area contributed by atoms with Crippen molar-refractivity contribution in [2.75, 3.05) is 7.11 Å². The highest BCUT2D eigenvalue weighted by atomic mass is 16.6. The zero-order valence-electron chi connectivity index (χ0n) is 6.83. The van der Waals surface area contributed by atoms with Crippen molar-refractivity contribution in [2.45, 2.75) is 0 Å². The van der Waals surface area contributed by atoms with Crippen molar-refractivity contribution in [3.63, 3.8) is 0 Å². The number of pyridine rings is 1. The summed E-state index contributed by atoms with van der Waals surface area (Å²) in [4.78, 5) is 28.3. The average Bonchev–Trinajstić information content (AvgIpc) is 2.04. The normalized spacial score (nSPS) is 9.62. The minimum absolute atomic E-state index is 0.0542. The number of aromatic hydroxyl groups is 1. The predicted octanol–water partition coefficient (Wildman–Crippen LogP) is -0.628. The van der Waals surface area contributed by atoms with Crippen molar-refractivity contribution >= 4 is 5.91 Å². The molecule has 6 heteroatoms. The molecule has 1 heterocycles. The molecule has 0 radical (unpaired) electrons. The number of hydrogen-bond acceptors (Lipinski definition) is 4. The molecule has 0 aromatic carbocycles. The Morgan fingerprint density at radius 1 is 1.69 bits per heavy atom. The van der Waals surface area contributed by atoms with Crippen LogP contribution in [0.1, 0.15) is 10.4 Å². The van der Waals surface area contributed by atoms with Gasteiger partial charge in [0.25, 0.3) is 11.5 Å². The minimum Gasteiger partial charge on any atom is -0.507 e. The fourth-order valence-electron chi connectivity index (χ4n) is 0.790. The number of hydroxylamine groups is 1. The first-order valence-electron chi connectivity index (χ1n) is 3.40. The molecular weight excluding hydrogens is 176 g/mol. The van der Waals surface area contributed by atoms with Crippen LogP contribution in [0.15, 0.2) is 17.1 Å². The number of amides is 1. The average molecular weight is 184 g/mol. The fraction of sp³-hybridized carbons (Fsp3) is 0.143. The number of rotatable bonds is 2. The van der Waals surface area contributed by atoms with Crippen LogP contribution in [-0.4, -0.2) is 23.1 Å². The van der Waals surface area contributed by atoms with Gasteiger partial charge in [-0.3, -0.25) is 14.4 Å². The Balaban J connectivity index is 3.02. The molecular formula is C7H8N2O4. The number of aromatic nitrogens is 1. The van der Waals surface area contributed by atoms with Gasteiger partial charge >= 0.3 is 0 Å². The molecule has 0 fully saturated rings. The van der Waals surface area contributed by atoms with Crippen LogP contribution < -0.4 is 11.0 Å². The van der Waals surface area contributed by atoms with Crippen LogP contribution >= 0.6 is 0 Å². The maximum Gasteiger partial charge on any atom is 0.280 e. The van der Waals surface area contributed by atoms with Gasteiger partial charge in [0.15, 0.2) is 0 Å². The summed E-state index contributed by atoms with van der Waals surface area (Å²) >= 11 is 0. The summed E-state index contributed by atoms with van der Waals surface area (Å²) in [5.41, 5.74) is 1.47. The van der Waals surface area contributed by atoms with Gasteiger partial charge in [0.1, 0.15) is 5.75 Å². The van der Waals surface area contributed by atoms with Gasteiger partial charge in [-0.05, 0) is 0 Å². The van der Waals surface area contributed by atoms with Crippen molar-refractivity contribution in [2.24, 2.45) is 0 Å². The fourth-order valence-corrected chi connectivity index (χ4v) is 0.790.